The Hall–Kier alpha value is -3.81. The van der Waals surface area contributed by atoms with E-state index in [9.17, 15) is 10.1 Å². The molecule has 0 bridgehead atoms. The van der Waals surface area contributed by atoms with Crippen LogP contribution in [0.1, 0.15) is 11.3 Å². The van der Waals surface area contributed by atoms with E-state index in [1.165, 1.54) is 11.3 Å². The van der Waals surface area contributed by atoms with Crippen LogP contribution in [0.4, 0.5) is 9.93 Å². The van der Waals surface area contributed by atoms with Crippen LogP contribution in [0.25, 0.3) is 32.7 Å². The van der Waals surface area contributed by atoms with Crippen molar-refractivity contribution in [1.29, 1.82) is 5.26 Å². The quantitative estimate of drug-likeness (QED) is 0.483. The van der Waals surface area contributed by atoms with Crippen molar-refractivity contribution in [3.8, 4) is 27.8 Å². The molecule has 0 atom stereocenters. The molecule has 2 amide bonds. The van der Waals surface area contributed by atoms with E-state index >= 15 is 0 Å². The molecule has 164 valence electrons. The Labute approximate surface area is 193 Å². The molecule has 0 unspecified atom stereocenters. The maximum absolute atomic E-state index is 12.8. The van der Waals surface area contributed by atoms with Crippen LogP contribution in [0, 0.1) is 23.7 Å². The average Bonchev–Trinajstić information content (AvgIpc) is 3.38. The lowest BCUT2D eigenvalue weighted by Crippen LogP contribution is -2.67. The fraction of sp³-hybridized carbons (Fsp3) is 0.261. The molecule has 0 aliphatic carbocycles. The molecule has 2 fully saturated rings. The number of thiazole rings is 1. The Morgan fingerprint density at radius 2 is 2.15 bits per heavy atom. The minimum absolute atomic E-state index is 0.148. The average molecular weight is 458 g/mol. The third-order valence-electron chi connectivity index (χ3n) is 6.05. The number of likely N-dealkylation sites (tertiary alicyclic amines) is 1. The number of amides is 2. The number of ether oxygens (including phenoxy) is 1. The minimum atomic E-state index is -0.164. The molecule has 1 spiro atoms. The van der Waals surface area contributed by atoms with Crippen molar-refractivity contribution in [3.63, 3.8) is 0 Å². The highest BCUT2D eigenvalue weighted by Crippen LogP contribution is 2.42. The number of aromatic nitrogens is 4. The molecule has 0 radical (unpaired) electrons. The normalized spacial score (nSPS) is 16.3. The van der Waals surface area contributed by atoms with E-state index in [0.29, 0.717) is 29.5 Å². The molecule has 6 rings (SSSR count). The second-order valence-electron chi connectivity index (χ2n) is 8.61. The Morgan fingerprint density at radius 1 is 1.30 bits per heavy atom. The van der Waals surface area contributed by atoms with E-state index in [1.807, 2.05) is 25.1 Å². The van der Waals surface area contributed by atoms with Crippen molar-refractivity contribution in [1.82, 2.24) is 25.1 Å². The second kappa shape index (κ2) is 7.37. The summed E-state index contributed by atoms with van der Waals surface area (Å²) in [5, 5.41) is 20.0. The lowest BCUT2D eigenvalue weighted by Gasteiger charge is -2.54. The number of nitriles is 1. The summed E-state index contributed by atoms with van der Waals surface area (Å²) < 4.78 is 5.30. The predicted octanol–water partition coefficient (Wildman–Crippen LogP) is 3.79. The van der Waals surface area contributed by atoms with Gasteiger partial charge in [-0.05, 0) is 25.1 Å². The number of carbonyl (C=O) groups excluding carboxylic acids is 1. The number of nitrogens with zero attached hydrogens (tertiary/aromatic N) is 5. The summed E-state index contributed by atoms with van der Waals surface area (Å²) in [7, 11) is 0. The van der Waals surface area contributed by atoms with Crippen LogP contribution < -0.4 is 5.32 Å². The first-order chi connectivity index (χ1) is 16.0. The highest BCUT2D eigenvalue weighted by Gasteiger charge is 2.50. The molecule has 9 nitrogen and oxygen atoms in total. The van der Waals surface area contributed by atoms with Crippen LogP contribution in [0.5, 0.6) is 0 Å². The summed E-state index contributed by atoms with van der Waals surface area (Å²) in [5.41, 5.74) is 5.50. The van der Waals surface area contributed by atoms with E-state index in [-0.39, 0.29) is 11.4 Å². The summed E-state index contributed by atoms with van der Waals surface area (Å²) >= 11 is 1.39. The van der Waals surface area contributed by atoms with Gasteiger partial charge >= 0.3 is 6.03 Å². The molecule has 10 heteroatoms. The number of pyridine rings is 1. The van der Waals surface area contributed by atoms with Gasteiger partial charge < -0.3 is 9.64 Å². The van der Waals surface area contributed by atoms with E-state index in [1.54, 1.807) is 23.2 Å². The van der Waals surface area contributed by atoms with Gasteiger partial charge in [0.2, 0.25) is 0 Å². The van der Waals surface area contributed by atoms with Gasteiger partial charge in [0.1, 0.15) is 5.52 Å². The zero-order valence-electron chi connectivity index (χ0n) is 17.8. The molecule has 33 heavy (non-hydrogen) atoms. The third kappa shape index (κ3) is 3.33. The molecule has 2 aliphatic heterocycles. The topological polar surface area (TPSA) is 120 Å². The van der Waals surface area contributed by atoms with E-state index in [4.69, 9.17) is 9.72 Å². The van der Waals surface area contributed by atoms with Crippen molar-refractivity contribution in [2.45, 2.75) is 6.92 Å². The number of aryl methyl sites for hydroxylation is 1. The zero-order chi connectivity index (χ0) is 22.6. The molecule has 2 aliphatic rings. The van der Waals surface area contributed by atoms with Gasteiger partial charge in [0.15, 0.2) is 5.13 Å². The van der Waals surface area contributed by atoms with Crippen molar-refractivity contribution in [2.24, 2.45) is 5.41 Å². The van der Waals surface area contributed by atoms with Crippen molar-refractivity contribution in [2.75, 3.05) is 31.6 Å². The van der Waals surface area contributed by atoms with Gasteiger partial charge in [0.05, 0.1) is 52.5 Å². The summed E-state index contributed by atoms with van der Waals surface area (Å²) in [6, 6.07) is 11.3. The molecular formula is C23H19N7O2S. The molecular weight excluding hydrogens is 438 g/mol. The van der Waals surface area contributed by atoms with Crippen LogP contribution >= 0.6 is 11.3 Å². The standard InChI is InChI=1S/C23H19N7O2S/c1-13-5-16(19-17(26-13)8-25-29-19)20-18(15-4-2-3-14(6-15)7-24)27-21(33-20)28-22(31)30-9-23(10-30)11-32-12-23/h2-6,8H,9-12H2,1H3,(H,25,29)(H,27,28,31). The summed E-state index contributed by atoms with van der Waals surface area (Å²) in [6.45, 7) is 4.77. The highest BCUT2D eigenvalue weighted by atomic mass is 32.1. The first-order valence-electron chi connectivity index (χ1n) is 10.5. The Morgan fingerprint density at radius 3 is 2.91 bits per heavy atom. The predicted molar refractivity (Wildman–Crippen MR) is 124 cm³/mol. The van der Waals surface area contributed by atoms with Crippen LogP contribution in [-0.2, 0) is 4.74 Å². The lowest BCUT2D eigenvalue weighted by molar-refractivity contribution is -0.174. The number of hydrogen-bond donors (Lipinski definition) is 2. The van der Waals surface area contributed by atoms with Gasteiger partial charge in [-0.3, -0.25) is 10.4 Å². The van der Waals surface area contributed by atoms with Gasteiger partial charge in [0, 0.05) is 29.9 Å². The largest absolute Gasteiger partial charge is 0.380 e. The van der Waals surface area contributed by atoms with Gasteiger partial charge in [-0.1, -0.05) is 23.5 Å². The number of carbonyl (C=O) groups is 1. The zero-order valence-corrected chi connectivity index (χ0v) is 18.6. The summed E-state index contributed by atoms with van der Waals surface area (Å²) in [5.74, 6) is 0. The molecule has 3 aromatic heterocycles. The number of H-pyrrole nitrogens is 1. The molecule has 2 N–H and O–H groups in total. The van der Waals surface area contributed by atoms with Gasteiger partial charge in [-0.25, -0.2) is 14.8 Å². The smallest absolute Gasteiger partial charge is 0.323 e. The number of rotatable bonds is 3. The maximum Gasteiger partial charge on any atom is 0.323 e. The number of aromatic amines is 1. The molecule has 4 aromatic rings. The number of nitrogens with one attached hydrogen (secondary N) is 2. The van der Waals surface area contributed by atoms with E-state index < -0.39 is 0 Å². The Balaban J connectivity index is 1.41. The monoisotopic (exact) mass is 457 g/mol. The van der Waals surface area contributed by atoms with E-state index in [2.05, 4.69) is 26.6 Å². The second-order valence-corrected chi connectivity index (χ2v) is 9.61. The molecule has 1 aromatic carbocycles. The number of hydrogen-bond acceptors (Lipinski definition) is 7. The molecule has 0 saturated carbocycles. The number of urea groups is 1. The fourth-order valence-corrected chi connectivity index (χ4v) is 5.38. The highest BCUT2D eigenvalue weighted by molar-refractivity contribution is 7.19. The van der Waals surface area contributed by atoms with Crippen molar-refractivity contribution >= 4 is 33.5 Å². The molecule has 2 saturated heterocycles. The number of benzene rings is 1. The van der Waals surface area contributed by atoms with Crippen molar-refractivity contribution < 1.29 is 9.53 Å². The van der Waals surface area contributed by atoms with Crippen LogP contribution in [-0.4, -0.2) is 57.4 Å². The molecule has 5 heterocycles. The lowest BCUT2D eigenvalue weighted by atomic mass is 9.78. The third-order valence-corrected chi connectivity index (χ3v) is 7.05. The SMILES string of the molecule is Cc1cc(-c2sc(NC(=O)N3CC4(COC4)C3)nc2-c2cccc(C#N)c2)c2[nH]ncc2n1. The number of anilines is 1. The fourth-order valence-electron chi connectivity index (χ4n) is 4.38. The van der Waals surface area contributed by atoms with E-state index in [0.717, 1.165) is 45.9 Å². The first kappa shape index (κ1) is 19.8. The maximum atomic E-state index is 12.8. The van der Waals surface area contributed by atoms with Crippen LogP contribution in [0.2, 0.25) is 0 Å². The first-order valence-corrected chi connectivity index (χ1v) is 11.3. The van der Waals surface area contributed by atoms with Crippen molar-refractivity contribution in [3.05, 3.63) is 47.8 Å². The van der Waals surface area contributed by atoms with Crippen LogP contribution in [0.3, 0.4) is 0 Å². The Bertz CT molecular complexity index is 1440. The minimum Gasteiger partial charge on any atom is -0.380 e. The van der Waals surface area contributed by atoms with Gasteiger partial charge in [-0.15, -0.1) is 0 Å². The van der Waals surface area contributed by atoms with Crippen LogP contribution in [0.15, 0.2) is 36.5 Å². The summed E-state index contributed by atoms with van der Waals surface area (Å²) in [6.07, 6.45) is 1.69. The van der Waals surface area contributed by atoms with Gasteiger partial charge in [-0.2, -0.15) is 10.4 Å². The Kier molecular flexibility index (Phi) is 4.43. The van der Waals surface area contributed by atoms with Gasteiger partial charge in [0.25, 0.3) is 0 Å². The summed E-state index contributed by atoms with van der Waals surface area (Å²) in [4.78, 5) is 24.8. The number of fused-ring (bicyclic) bond motifs is 1.